The van der Waals surface area contributed by atoms with Crippen LogP contribution in [0.3, 0.4) is 0 Å². The van der Waals surface area contributed by atoms with Gasteiger partial charge in [0, 0.05) is 36.9 Å². The van der Waals surface area contributed by atoms with Crippen molar-refractivity contribution >= 4 is 0 Å². The normalized spacial score (nSPS) is 18.4. The molecule has 0 aliphatic carbocycles. The predicted octanol–water partition coefficient (Wildman–Crippen LogP) is 2.52. The maximum atomic E-state index is 13.4. The number of aromatic nitrogens is 2. The molecule has 6 nitrogen and oxygen atoms in total. The molecule has 2 atom stereocenters. The molecule has 1 aliphatic rings. The average molecular weight is 358 g/mol. The minimum absolute atomic E-state index is 0.213. The highest BCUT2D eigenvalue weighted by molar-refractivity contribution is 5.39. The van der Waals surface area contributed by atoms with E-state index < -0.39 is 12.1 Å². The van der Waals surface area contributed by atoms with E-state index in [1.165, 1.54) is 12.1 Å². The van der Waals surface area contributed by atoms with Crippen molar-refractivity contribution in [3.8, 4) is 6.07 Å². The van der Waals surface area contributed by atoms with Crippen LogP contribution in [0.1, 0.15) is 54.1 Å². The minimum atomic E-state index is -1.09. The zero-order valence-electron chi connectivity index (χ0n) is 15.2. The molecule has 2 aromatic rings. The van der Waals surface area contributed by atoms with Crippen LogP contribution in [-0.4, -0.2) is 40.0 Å². The highest BCUT2D eigenvalue weighted by atomic mass is 19.1. The van der Waals surface area contributed by atoms with Crippen LogP contribution in [0.5, 0.6) is 0 Å². The van der Waals surface area contributed by atoms with Crippen LogP contribution in [0.15, 0.2) is 18.2 Å². The van der Waals surface area contributed by atoms with Crippen LogP contribution < -0.4 is 0 Å². The maximum Gasteiger partial charge on any atom is 0.200 e. The SMILES string of the molecule is CCOC(O)c1nn(Cc2ccc(F)cc2C#N)c2c1CN(C)CC2C. The fourth-order valence-electron chi connectivity index (χ4n) is 3.64. The summed E-state index contributed by atoms with van der Waals surface area (Å²) in [6.07, 6.45) is -1.09. The van der Waals surface area contributed by atoms with E-state index in [0.29, 0.717) is 36.5 Å². The Labute approximate surface area is 152 Å². The Morgan fingerprint density at radius 3 is 2.96 bits per heavy atom. The molecule has 1 aliphatic heterocycles. The van der Waals surface area contributed by atoms with Crippen LogP contribution in [0.4, 0.5) is 4.39 Å². The third-order valence-electron chi connectivity index (χ3n) is 4.68. The smallest absolute Gasteiger partial charge is 0.200 e. The molecule has 2 heterocycles. The molecule has 0 fully saturated rings. The molecule has 1 aromatic heterocycles. The summed E-state index contributed by atoms with van der Waals surface area (Å²) < 4.78 is 20.6. The minimum Gasteiger partial charge on any atom is -0.363 e. The number of ether oxygens (including phenoxy) is 1. The summed E-state index contributed by atoms with van der Waals surface area (Å²) >= 11 is 0. The fraction of sp³-hybridized carbons (Fsp3) is 0.474. The molecule has 138 valence electrons. The van der Waals surface area contributed by atoms with Gasteiger partial charge in [0.2, 0.25) is 6.29 Å². The highest BCUT2D eigenvalue weighted by Crippen LogP contribution is 2.33. The molecule has 7 heteroatoms. The molecule has 0 radical (unpaired) electrons. The van der Waals surface area contributed by atoms with Crippen LogP contribution in [-0.2, 0) is 17.8 Å². The van der Waals surface area contributed by atoms with E-state index >= 15 is 0 Å². The van der Waals surface area contributed by atoms with Crippen molar-refractivity contribution in [1.29, 1.82) is 5.26 Å². The van der Waals surface area contributed by atoms with Crippen LogP contribution in [0, 0.1) is 17.1 Å². The van der Waals surface area contributed by atoms with Crippen LogP contribution in [0.2, 0.25) is 0 Å². The quantitative estimate of drug-likeness (QED) is 0.832. The van der Waals surface area contributed by atoms with Gasteiger partial charge >= 0.3 is 0 Å². The average Bonchev–Trinajstić information content (AvgIpc) is 2.95. The topological polar surface area (TPSA) is 74.3 Å². The second-order valence-electron chi connectivity index (χ2n) is 6.73. The fourth-order valence-corrected chi connectivity index (χ4v) is 3.64. The molecule has 0 saturated carbocycles. The zero-order chi connectivity index (χ0) is 18.8. The number of hydrogen-bond donors (Lipinski definition) is 1. The van der Waals surface area contributed by atoms with Crippen molar-refractivity contribution in [2.24, 2.45) is 0 Å². The molecule has 3 rings (SSSR count). The number of nitrogens with zero attached hydrogens (tertiary/aromatic N) is 4. The summed E-state index contributed by atoms with van der Waals surface area (Å²) in [5, 5.41) is 24.2. The van der Waals surface area contributed by atoms with Gasteiger partial charge in [-0.2, -0.15) is 10.4 Å². The van der Waals surface area contributed by atoms with E-state index in [1.807, 2.05) is 24.7 Å². The number of nitriles is 1. The van der Waals surface area contributed by atoms with Gasteiger partial charge in [-0.15, -0.1) is 0 Å². The Kier molecular flexibility index (Phi) is 5.37. The standard InChI is InChI=1S/C19H23FN4O2/c1-4-26-19(25)17-16-11-23(3)9-12(2)18(16)24(22-17)10-13-5-6-15(20)7-14(13)8-21/h5-7,12,19,25H,4,9-11H2,1-3H3. The molecule has 0 amide bonds. The Morgan fingerprint density at radius 2 is 2.27 bits per heavy atom. The predicted molar refractivity (Wildman–Crippen MR) is 93.8 cm³/mol. The Bertz CT molecular complexity index is 843. The maximum absolute atomic E-state index is 13.4. The Morgan fingerprint density at radius 1 is 1.50 bits per heavy atom. The van der Waals surface area contributed by atoms with Gasteiger partial charge in [0.25, 0.3) is 0 Å². The number of benzene rings is 1. The lowest BCUT2D eigenvalue weighted by Gasteiger charge is -2.29. The van der Waals surface area contributed by atoms with Gasteiger partial charge in [0.15, 0.2) is 0 Å². The van der Waals surface area contributed by atoms with Crippen LogP contribution >= 0.6 is 0 Å². The van der Waals surface area contributed by atoms with Gasteiger partial charge in [0.05, 0.1) is 18.2 Å². The summed E-state index contributed by atoms with van der Waals surface area (Å²) in [7, 11) is 2.03. The van der Waals surface area contributed by atoms with Crippen molar-refractivity contribution in [2.75, 3.05) is 20.2 Å². The first kappa shape index (κ1) is 18.5. The van der Waals surface area contributed by atoms with Crippen molar-refractivity contribution in [3.05, 3.63) is 52.1 Å². The molecule has 0 bridgehead atoms. The van der Waals surface area contributed by atoms with Gasteiger partial charge in [0.1, 0.15) is 11.5 Å². The lowest BCUT2D eigenvalue weighted by molar-refractivity contribution is -0.102. The second kappa shape index (κ2) is 7.54. The largest absolute Gasteiger partial charge is 0.363 e. The van der Waals surface area contributed by atoms with Gasteiger partial charge in [-0.1, -0.05) is 13.0 Å². The molecule has 1 N–H and O–H groups in total. The lowest BCUT2D eigenvalue weighted by Crippen LogP contribution is -2.30. The van der Waals surface area contributed by atoms with Crippen molar-refractivity contribution in [1.82, 2.24) is 14.7 Å². The van der Waals surface area contributed by atoms with Gasteiger partial charge < -0.3 is 14.7 Å². The number of aliphatic hydroxyl groups excluding tert-OH is 1. The molecule has 2 unspecified atom stereocenters. The molecule has 26 heavy (non-hydrogen) atoms. The van der Waals surface area contributed by atoms with E-state index in [4.69, 9.17) is 4.74 Å². The number of hydrogen-bond acceptors (Lipinski definition) is 5. The molecular formula is C19H23FN4O2. The Balaban J connectivity index is 2.05. The zero-order valence-corrected chi connectivity index (χ0v) is 15.2. The first-order chi connectivity index (χ1) is 12.4. The highest BCUT2D eigenvalue weighted by Gasteiger charge is 2.31. The van der Waals surface area contributed by atoms with Gasteiger partial charge in [-0.25, -0.2) is 4.39 Å². The second-order valence-corrected chi connectivity index (χ2v) is 6.73. The third kappa shape index (κ3) is 3.49. The summed E-state index contributed by atoms with van der Waals surface area (Å²) in [5.74, 6) is -0.222. The number of fused-ring (bicyclic) bond motifs is 1. The lowest BCUT2D eigenvalue weighted by atomic mass is 9.96. The number of likely N-dealkylation sites (N-methyl/N-ethyl adjacent to an activating group) is 1. The van der Waals surface area contributed by atoms with Crippen LogP contribution in [0.25, 0.3) is 0 Å². The van der Waals surface area contributed by atoms with Crippen molar-refractivity contribution < 1.29 is 14.2 Å². The monoisotopic (exact) mass is 358 g/mol. The van der Waals surface area contributed by atoms with E-state index in [2.05, 4.69) is 16.9 Å². The first-order valence-corrected chi connectivity index (χ1v) is 8.70. The van der Waals surface area contributed by atoms with E-state index in [-0.39, 0.29) is 5.92 Å². The molecular weight excluding hydrogens is 335 g/mol. The van der Waals surface area contributed by atoms with E-state index in [9.17, 15) is 14.8 Å². The summed E-state index contributed by atoms with van der Waals surface area (Å²) in [5.41, 5.74) is 3.50. The molecule has 1 aromatic carbocycles. The summed E-state index contributed by atoms with van der Waals surface area (Å²) in [6.45, 7) is 6.20. The molecule has 0 saturated heterocycles. The first-order valence-electron chi connectivity index (χ1n) is 8.70. The number of rotatable bonds is 5. The molecule has 0 spiro atoms. The van der Waals surface area contributed by atoms with Crippen molar-refractivity contribution in [3.63, 3.8) is 0 Å². The summed E-state index contributed by atoms with van der Waals surface area (Å²) in [6, 6.07) is 6.23. The van der Waals surface area contributed by atoms with E-state index in [0.717, 1.165) is 17.8 Å². The van der Waals surface area contributed by atoms with E-state index in [1.54, 1.807) is 6.07 Å². The van der Waals surface area contributed by atoms with Gasteiger partial charge in [-0.3, -0.25) is 4.68 Å². The Hall–Kier alpha value is -2.27. The van der Waals surface area contributed by atoms with Crippen molar-refractivity contribution in [2.45, 2.75) is 39.1 Å². The summed E-state index contributed by atoms with van der Waals surface area (Å²) in [4.78, 5) is 2.18. The number of aliphatic hydroxyl groups is 1. The number of halogens is 1. The van der Waals surface area contributed by atoms with Gasteiger partial charge in [-0.05, 0) is 31.7 Å². The third-order valence-corrected chi connectivity index (χ3v) is 4.68.